The molecule has 0 spiro atoms. The predicted molar refractivity (Wildman–Crippen MR) is 139 cm³/mol. The van der Waals surface area contributed by atoms with E-state index >= 15 is 0 Å². The van der Waals surface area contributed by atoms with Crippen molar-refractivity contribution in [1.29, 1.82) is 0 Å². The lowest BCUT2D eigenvalue weighted by atomic mass is 10.0. The van der Waals surface area contributed by atoms with Gasteiger partial charge >= 0.3 is 0 Å². The standard InChI is InChI=1S/C20H22F2N4.C3H8.C2H7NO2S/c1-3-4-5-14-10-15(11-17(21)13(14)2)19-18(22)12-24-20(26-19)25-16-6-8-23-9-7-16;1-3-2;1-3(2)6(4)5/h3-5,10-12,16,23H,1,6-9H2,2H3,(H,24,25,26);3H2,1-2H3;1-2H3,(H,4,5)/p-1/b5-4-;;. The monoisotopic (exact) mass is 508 g/mol. The van der Waals surface area contributed by atoms with E-state index in [0.29, 0.717) is 22.6 Å². The number of benzene rings is 1. The Balaban J connectivity index is 0.000000586. The molecule has 1 fully saturated rings. The Kier molecular flexibility index (Phi) is 14.1. The largest absolute Gasteiger partial charge is 0.760 e. The Bertz CT molecular complexity index is 996. The molecule has 2 N–H and O–H groups in total. The number of rotatable bonds is 6. The molecule has 2 heterocycles. The summed E-state index contributed by atoms with van der Waals surface area (Å²) in [4.78, 5) is 8.33. The van der Waals surface area contributed by atoms with Gasteiger partial charge in [-0.3, -0.25) is 4.21 Å². The van der Waals surface area contributed by atoms with Crippen molar-refractivity contribution >= 4 is 23.3 Å². The molecule has 3 rings (SSSR count). The van der Waals surface area contributed by atoms with Crippen LogP contribution in [0.4, 0.5) is 14.7 Å². The Morgan fingerprint density at radius 1 is 1.26 bits per heavy atom. The third kappa shape index (κ3) is 10.7. The van der Waals surface area contributed by atoms with Crippen LogP contribution in [0.1, 0.15) is 44.2 Å². The first kappa shape index (κ1) is 30.5. The van der Waals surface area contributed by atoms with Crippen molar-refractivity contribution in [1.82, 2.24) is 19.6 Å². The molecule has 2 aromatic rings. The van der Waals surface area contributed by atoms with Gasteiger partial charge in [0.05, 0.1) is 6.20 Å². The summed E-state index contributed by atoms with van der Waals surface area (Å²) < 4.78 is 49.0. The molecule has 1 aliphatic heterocycles. The summed E-state index contributed by atoms with van der Waals surface area (Å²) in [5.41, 5.74) is 1.62. The van der Waals surface area contributed by atoms with E-state index in [4.69, 9.17) is 0 Å². The zero-order chi connectivity index (χ0) is 26.4. The Labute approximate surface area is 210 Å². The maximum Gasteiger partial charge on any atom is 0.223 e. The zero-order valence-corrected chi connectivity index (χ0v) is 21.9. The average Bonchev–Trinajstić information content (AvgIpc) is 2.82. The van der Waals surface area contributed by atoms with Gasteiger partial charge < -0.3 is 15.2 Å². The molecule has 1 unspecified atom stereocenters. The second-order valence-electron chi connectivity index (χ2n) is 8.06. The average molecular weight is 509 g/mol. The molecule has 1 atom stereocenters. The molecular formula is C25H36F2N5O2S-. The Hall–Kier alpha value is -2.53. The highest BCUT2D eigenvalue weighted by Gasteiger charge is 2.17. The van der Waals surface area contributed by atoms with Crippen molar-refractivity contribution in [3.63, 3.8) is 0 Å². The number of anilines is 1. The Morgan fingerprint density at radius 3 is 2.40 bits per heavy atom. The van der Waals surface area contributed by atoms with Gasteiger partial charge in [-0.05, 0) is 70.2 Å². The van der Waals surface area contributed by atoms with Crippen LogP contribution in [0, 0.1) is 18.6 Å². The zero-order valence-electron chi connectivity index (χ0n) is 21.1. The minimum Gasteiger partial charge on any atom is -0.760 e. The first-order valence-corrected chi connectivity index (χ1v) is 12.5. The summed E-state index contributed by atoms with van der Waals surface area (Å²) in [6.45, 7) is 11.4. The molecule has 0 saturated carbocycles. The summed E-state index contributed by atoms with van der Waals surface area (Å²) in [5, 5.41) is 6.53. The molecule has 1 aromatic heterocycles. The highest BCUT2D eigenvalue weighted by atomic mass is 32.2. The van der Waals surface area contributed by atoms with Crippen LogP contribution in [0.2, 0.25) is 0 Å². The summed E-state index contributed by atoms with van der Waals surface area (Å²) in [5.74, 6) is -0.627. The maximum atomic E-state index is 14.3. The van der Waals surface area contributed by atoms with Crippen LogP contribution in [0.25, 0.3) is 17.3 Å². The van der Waals surface area contributed by atoms with Crippen molar-refractivity contribution in [2.75, 3.05) is 32.5 Å². The van der Waals surface area contributed by atoms with Gasteiger partial charge in [0.15, 0.2) is 5.82 Å². The fourth-order valence-electron chi connectivity index (χ4n) is 2.97. The van der Waals surface area contributed by atoms with Crippen molar-refractivity contribution in [2.24, 2.45) is 0 Å². The number of hydrogen-bond donors (Lipinski definition) is 2. The number of allylic oxidation sites excluding steroid dienone is 2. The van der Waals surface area contributed by atoms with Crippen LogP contribution in [0.3, 0.4) is 0 Å². The normalized spacial score (nSPS) is 14.5. The topological polar surface area (TPSA) is 93.2 Å². The molecule has 0 amide bonds. The van der Waals surface area contributed by atoms with E-state index in [0.717, 1.165) is 36.4 Å². The lowest BCUT2D eigenvalue weighted by molar-refractivity contribution is 0.470. The highest BCUT2D eigenvalue weighted by molar-refractivity contribution is 7.76. The number of halogens is 2. The molecule has 0 radical (unpaired) electrons. The highest BCUT2D eigenvalue weighted by Crippen LogP contribution is 2.27. The van der Waals surface area contributed by atoms with E-state index in [1.54, 1.807) is 31.2 Å². The molecule has 1 saturated heterocycles. The number of piperidine rings is 1. The van der Waals surface area contributed by atoms with Crippen molar-refractivity contribution in [3.8, 4) is 11.3 Å². The van der Waals surface area contributed by atoms with E-state index in [2.05, 4.69) is 41.0 Å². The van der Waals surface area contributed by atoms with Crippen LogP contribution in [-0.4, -0.2) is 56.3 Å². The van der Waals surface area contributed by atoms with E-state index < -0.39 is 22.9 Å². The number of nitrogens with one attached hydrogen (secondary N) is 2. The molecule has 7 nitrogen and oxygen atoms in total. The fraction of sp³-hybridized carbons (Fsp3) is 0.440. The van der Waals surface area contributed by atoms with E-state index in [9.17, 15) is 17.5 Å². The second kappa shape index (κ2) is 16.2. The summed E-state index contributed by atoms with van der Waals surface area (Å²) in [6, 6.07) is 3.27. The van der Waals surface area contributed by atoms with E-state index in [-0.39, 0.29) is 11.7 Å². The van der Waals surface area contributed by atoms with Gasteiger partial charge in [-0.25, -0.2) is 23.1 Å². The molecule has 194 valence electrons. The van der Waals surface area contributed by atoms with Gasteiger partial charge in [0, 0.05) is 22.9 Å². The van der Waals surface area contributed by atoms with Crippen molar-refractivity contribution in [3.05, 3.63) is 59.8 Å². The van der Waals surface area contributed by atoms with Crippen LogP contribution in [0.15, 0.2) is 37.1 Å². The summed E-state index contributed by atoms with van der Waals surface area (Å²) in [6.07, 6.45) is 9.34. The van der Waals surface area contributed by atoms with E-state index in [1.165, 1.54) is 26.6 Å². The van der Waals surface area contributed by atoms with Gasteiger partial charge in [-0.2, -0.15) is 0 Å². The summed E-state index contributed by atoms with van der Waals surface area (Å²) >= 11 is -2.03. The van der Waals surface area contributed by atoms with Crippen LogP contribution in [0.5, 0.6) is 0 Å². The van der Waals surface area contributed by atoms with Crippen LogP contribution < -0.4 is 10.6 Å². The van der Waals surface area contributed by atoms with Gasteiger partial charge in [-0.15, -0.1) is 0 Å². The quantitative estimate of drug-likeness (QED) is 0.428. The summed E-state index contributed by atoms with van der Waals surface area (Å²) in [7, 11) is 2.92. The molecule has 10 heteroatoms. The SMILES string of the molecule is C=C/C=C\c1cc(-c2nc(NC3CCNCC3)ncc2F)cc(F)c1C.CCC.CN(C)S(=O)[O-]. The second-order valence-corrected chi connectivity index (χ2v) is 9.23. The smallest absolute Gasteiger partial charge is 0.223 e. The third-order valence-electron chi connectivity index (χ3n) is 4.78. The molecule has 1 aromatic carbocycles. The molecule has 0 aliphatic carbocycles. The fourth-order valence-corrected chi connectivity index (χ4v) is 2.97. The number of hydrogen-bond acceptors (Lipinski definition) is 6. The first-order chi connectivity index (χ1) is 16.6. The minimum atomic E-state index is -2.03. The third-order valence-corrected chi connectivity index (χ3v) is 5.38. The maximum absolute atomic E-state index is 14.3. The van der Waals surface area contributed by atoms with Gasteiger partial charge in [0.1, 0.15) is 11.5 Å². The minimum absolute atomic E-state index is 0.0867. The number of nitrogens with zero attached hydrogens (tertiary/aromatic N) is 3. The molecular weight excluding hydrogens is 472 g/mol. The van der Waals surface area contributed by atoms with E-state index in [1.807, 2.05) is 0 Å². The predicted octanol–water partition coefficient (Wildman–Crippen LogP) is 4.85. The number of aromatic nitrogens is 2. The first-order valence-electron chi connectivity index (χ1n) is 11.5. The lowest BCUT2D eigenvalue weighted by Gasteiger charge is -2.23. The van der Waals surface area contributed by atoms with Crippen LogP contribution in [-0.2, 0) is 11.3 Å². The lowest BCUT2D eigenvalue weighted by Crippen LogP contribution is -2.35. The molecule has 1 aliphatic rings. The Morgan fingerprint density at radius 2 is 1.86 bits per heavy atom. The van der Waals surface area contributed by atoms with Crippen LogP contribution >= 0.6 is 0 Å². The molecule has 0 bridgehead atoms. The molecule has 35 heavy (non-hydrogen) atoms. The van der Waals surface area contributed by atoms with Gasteiger partial charge in [-0.1, -0.05) is 45.1 Å². The van der Waals surface area contributed by atoms with Crippen molar-refractivity contribution in [2.45, 2.75) is 46.1 Å². The van der Waals surface area contributed by atoms with Crippen molar-refractivity contribution < 1.29 is 17.5 Å². The van der Waals surface area contributed by atoms with Gasteiger partial charge in [0.25, 0.3) is 0 Å². The van der Waals surface area contributed by atoms with Gasteiger partial charge in [0.2, 0.25) is 5.95 Å².